The maximum Gasteiger partial charge on any atom is 0.356 e. The van der Waals surface area contributed by atoms with E-state index in [1.54, 1.807) is 0 Å². The highest BCUT2D eigenvalue weighted by Crippen LogP contribution is 2.19. The lowest BCUT2D eigenvalue weighted by Crippen LogP contribution is -3.05. The molecule has 0 saturated carbocycles. The van der Waals surface area contributed by atoms with Crippen LogP contribution in [0.15, 0.2) is 54.6 Å². The first-order chi connectivity index (χ1) is 12.1. The van der Waals surface area contributed by atoms with Gasteiger partial charge in [-0.3, -0.25) is 5.73 Å². The number of aromatic nitrogens is 2. The average molecular weight is 340 g/mol. The fourth-order valence-corrected chi connectivity index (χ4v) is 3.28. The second kappa shape index (κ2) is 7.68. The van der Waals surface area contributed by atoms with Gasteiger partial charge in [0.05, 0.1) is 27.2 Å². The molecule has 0 fully saturated rings. The molecule has 0 saturated heterocycles. The topological polar surface area (TPSA) is 59.5 Å². The molecule has 0 radical (unpaired) electrons. The van der Waals surface area contributed by atoms with E-state index >= 15 is 0 Å². The van der Waals surface area contributed by atoms with Crippen LogP contribution in [0, 0.1) is 0 Å². The van der Waals surface area contributed by atoms with Crippen LogP contribution in [0.1, 0.15) is 18.1 Å². The van der Waals surface area contributed by atoms with Crippen LogP contribution in [-0.4, -0.2) is 30.3 Å². The molecule has 2 aromatic carbocycles. The molecule has 5 heteroatoms. The number of nitrogens with one attached hydrogen (secondary N) is 1. The van der Waals surface area contributed by atoms with Crippen LogP contribution < -0.4 is 15.2 Å². The number of anilines is 1. The number of hydrogen-bond donors (Lipinski definition) is 3. The van der Waals surface area contributed by atoms with Crippen LogP contribution in [0.25, 0.3) is 11.0 Å². The minimum Gasteiger partial charge on any atom is -0.385 e. The third-order valence-electron chi connectivity index (χ3n) is 4.61. The molecule has 0 bridgehead atoms. The third-order valence-corrected chi connectivity index (χ3v) is 4.61. The second-order valence-electron chi connectivity index (χ2n) is 6.85. The van der Waals surface area contributed by atoms with Crippen LogP contribution in [0.4, 0.5) is 5.95 Å². The van der Waals surface area contributed by atoms with Gasteiger partial charge in [0.2, 0.25) is 0 Å². The zero-order valence-electron chi connectivity index (χ0n) is 15.0. The monoisotopic (exact) mass is 340 g/mol. The summed E-state index contributed by atoms with van der Waals surface area (Å²) in [6, 6.07) is 17.9. The van der Waals surface area contributed by atoms with Gasteiger partial charge in [-0.1, -0.05) is 42.5 Å². The van der Waals surface area contributed by atoms with Crippen LogP contribution in [0.2, 0.25) is 0 Å². The Labute approximate surface area is 148 Å². The van der Waals surface area contributed by atoms with Crippen molar-refractivity contribution in [3.8, 4) is 0 Å². The van der Waals surface area contributed by atoms with Crippen LogP contribution in [0.3, 0.4) is 0 Å². The van der Waals surface area contributed by atoms with Gasteiger partial charge in [0.1, 0.15) is 23.7 Å². The Morgan fingerprint density at radius 2 is 1.76 bits per heavy atom. The standard InChI is InChI=1S/C20H26N4O/c1-22(2)13-8-14-23-17-11-6-7-12-18(17)24(20(23)21)15-19(25)16-9-4-3-5-10-16/h3-7,9-12,19,21,25H,8,13-15H2,1-2H3/p+2/t19-/m1/s1. The summed E-state index contributed by atoms with van der Waals surface area (Å²) in [4.78, 5) is 1.43. The van der Waals surface area contributed by atoms with Gasteiger partial charge in [-0.2, -0.15) is 0 Å². The maximum absolute atomic E-state index is 10.6. The van der Waals surface area contributed by atoms with Gasteiger partial charge < -0.3 is 10.0 Å². The zero-order chi connectivity index (χ0) is 17.8. The van der Waals surface area contributed by atoms with Crippen molar-refractivity contribution in [1.29, 1.82) is 0 Å². The molecule has 0 unspecified atom stereocenters. The van der Waals surface area contributed by atoms with Crippen molar-refractivity contribution in [3.63, 3.8) is 0 Å². The summed E-state index contributed by atoms with van der Waals surface area (Å²) in [7, 11) is 4.32. The number of nitrogen functional groups attached to an aromatic ring is 1. The normalized spacial score (nSPS) is 12.8. The first-order valence-electron chi connectivity index (χ1n) is 8.86. The van der Waals surface area contributed by atoms with Crippen molar-refractivity contribution >= 4 is 17.0 Å². The average Bonchev–Trinajstić information content (AvgIpc) is 2.88. The number of imidazole rings is 1. The molecule has 0 aliphatic heterocycles. The van der Waals surface area contributed by atoms with E-state index in [2.05, 4.69) is 30.8 Å². The molecule has 0 amide bonds. The second-order valence-corrected chi connectivity index (χ2v) is 6.85. The number of para-hydroxylation sites is 2. The van der Waals surface area contributed by atoms with Crippen molar-refractivity contribution in [2.75, 3.05) is 26.4 Å². The van der Waals surface area contributed by atoms with Crippen molar-refractivity contribution in [2.45, 2.75) is 25.6 Å². The summed E-state index contributed by atoms with van der Waals surface area (Å²) < 4.78 is 4.19. The summed E-state index contributed by atoms with van der Waals surface area (Å²) >= 11 is 0. The quantitative estimate of drug-likeness (QED) is 0.557. The van der Waals surface area contributed by atoms with Gasteiger partial charge in [0.25, 0.3) is 0 Å². The number of aliphatic hydroxyl groups excluding tert-OH is 1. The fraction of sp³-hybridized carbons (Fsp3) is 0.350. The van der Waals surface area contributed by atoms with E-state index in [1.165, 1.54) is 4.90 Å². The summed E-state index contributed by atoms with van der Waals surface area (Å²) in [6.45, 7) is 2.42. The molecule has 0 spiro atoms. The number of benzene rings is 2. The summed E-state index contributed by atoms with van der Waals surface area (Å²) in [5.74, 6) is 0.699. The highest BCUT2D eigenvalue weighted by molar-refractivity contribution is 5.73. The molecule has 4 N–H and O–H groups in total. The van der Waals surface area contributed by atoms with E-state index in [-0.39, 0.29) is 0 Å². The highest BCUT2D eigenvalue weighted by Gasteiger charge is 2.23. The number of hydrogen-bond acceptors (Lipinski definition) is 2. The van der Waals surface area contributed by atoms with Crippen LogP contribution in [0.5, 0.6) is 0 Å². The van der Waals surface area contributed by atoms with Crippen LogP contribution >= 0.6 is 0 Å². The molecular weight excluding hydrogens is 312 g/mol. The molecule has 1 atom stereocenters. The molecule has 0 aliphatic carbocycles. The number of aryl methyl sites for hydroxylation is 1. The summed E-state index contributed by atoms with van der Waals surface area (Å²) in [5, 5.41) is 10.6. The molecule has 0 aliphatic rings. The van der Waals surface area contributed by atoms with Crippen molar-refractivity contribution in [3.05, 3.63) is 60.2 Å². The van der Waals surface area contributed by atoms with E-state index < -0.39 is 6.10 Å². The fourth-order valence-electron chi connectivity index (χ4n) is 3.28. The Bertz CT molecular complexity index is 826. The maximum atomic E-state index is 10.6. The van der Waals surface area contributed by atoms with E-state index in [9.17, 15) is 5.11 Å². The Morgan fingerprint density at radius 1 is 1.08 bits per heavy atom. The molecule has 3 rings (SSSR count). The third kappa shape index (κ3) is 3.83. The molecule has 3 aromatic rings. The van der Waals surface area contributed by atoms with E-state index in [0.29, 0.717) is 12.5 Å². The van der Waals surface area contributed by atoms with Crippen LogP contribution in [-0.2, 0) is 13.1 Å². The van der Waals surface area contributed by atoms with Crippen molar-refractivity contribution < 1.29 is 14.6 Å². The first-order valence-corrected chi connectivity index (χ1v) is 8.86. The van der Waals surface area contributed by atoms with Gasteiger partial charge in [0.15, 0.2) is 0 Å². The van der Waals surface area contributed by atoms with Gasteiger partial charge in [-0.25, -0.2) is 9.13 Å². The molecule has 1 heterocycles. The van der Waals surface area contributed by atoms with Crippen molar-refractivity contribution in [1.82, 2.24) is 4.57 Å². The van der Waals surface area contributed by atoms with Gasteiger partial charge >= 0.3 is 5.95 Å². The number of nitrogens with two attached hydrogens (primary N) is 1. The molecule has 132 valence electrons. The predicted octanol–water partition coefficient (Wildman–Crippen LogP) is 0.779. The smallest absolute Gasteiger partial charge is 0.356 e. The summed E-state index contributed by atoms with van der Waals surface area (Å²) in [5.41, 5.74) is 9.55. The minimum atomic E-state index is -0.584. The SMILES string of the molecule is C[NH+](C)CCCn1c(N)[n+](C[C@@H](O)c2ccccc2)c2ccccc21. The van der Waals surface area contributed by atoms with E-state index in [1.807, 2.05) is 47.0 Å². The Kier molecular flexibility index (Phi) is 5.36. The van der Waals surface area contributed by atoms with Gasteiger partial charge in [-0.05, 0) is 17.7 Å². The number of rotatable bonds is 7. The Hall–Kier alpha value is -2.37. The molecular formula is C20H28N4O+2. The van der Waals surface area contributed by atoms with Gasteiger partial charge in [0, 0.05) is 6.42 Å². The highest BCUT2D eigenvalue weighted by atomic mass is 16.3. The number of fused-ring (bicyclic) bond motifs is 1. The molecule has 1 aromatic heterocycles. The van der Waals surface area contributed by atoms with Gasteiger partial charge in [-0.15, -0.1) is 0 Å². The number of aliphatic hydroxyl groups is 1. The minimum absolute atomic E-state index is 0.447. The largest absolute Gasteiger partial charge is 0.385 e. The number of quaternary nitrogens is 1. The van der Waals surface area contributed by atoms with E-state index in [4.69, 9.17) is 5.73 Å². The Morgan fingerprint density at radius 3 is 2.48 bits per heavy atom. The molecule has 25 heavy (non-hydrogen) atoms. The van der Waals surface area contributed by atoms with E-state index in [0.717, 1.165) is 36.1 Å². The lowest BCUT2D eigenvalue weighted by molar-refractivity contribution is -0.858. The number of nitrogens with zero attached hydrogens (tertiary/aromatic N) is 2. The first kappa shape index (κ1) is 17.5. The molecule has 5 nitrogen and oxygen atoms in total. The summed E-state index contributed by atoms with van der Waals surface area (Å²) in [6.07, 6.45) is 0.478. The predicted molar refractivity (Wildman–Crippen MR) is 100 cm³/mol. The zero-order valence-corrected chi connectivity index (χ0v) is 15.0. The lowest BCUT2D eigenvalue weighted by atomic mass is 10.1. The van der Waals surface area contributed by atoms with Crippen molar-refractivity contribution in [2.24, 2.45) is 0 Å². The Balaban J connectivity index is 1.91. The lowest BCUT2D eigenvalue weighted by Gasteiger charge is -2.10.